The summed E-state index contributed by atoms with van der Waals surface area (Å²) in [6.07, 6.45) is -0.295. The summed E-state index contributed by atoms with van der Waals surface area (Å²) in [5.74, 6) is -0.912. The maximum Gasteiger partial charge on any atom is 0.345 e. The molecule has 0 aromatic heterocycles. The molecule has 1 unspecified atom stereocenters. The predicted octanol–water partition coefficient (Wildman–Crippen LogP) is 2.83. The van der Waals surface area contributed by atoms with Crippen LogP contribution in [0.25, 0.3) is 0 Å². The van der Waals surface area contributed by atoms with Crippen molar-refractivity contribution in [2.24, 2.45) is 5.92 Å². The number of carbonyl (C=O) groups excluding carboxylic acids is 1. The normalized spacial score (nSPS) is 12.0. The van der Waals surface area contributed by atoms with Crippen LogP contribution in [0.3, 0.4) is 0 Å². The van der Waals surface area contributed by atoms with Gasteiger partial charge in [-0.25, -0.2) is 4.79 Å². The Kier molecular flexibility index (Phi) is 6.21. The molecule has 0 saturated heterocycles. The summed E-state index contributed by atoms with van der Waals surface area (Å²) in [4.78, 5) is 24.5. The van der Waals surface area contributed by atoms with Crippen molar-refractivity contribution in [3.8, 4) is 5.75 Å². The van der Waals surface area contributed by atoms with Gasteiger partial charge in [0.15, 0.2) is 12.4 Å². The molecule has 0 aliphatic heterocycles. The van der Waals surface area contributed by atoms with E-state index in [9.17, 15) is 14.7 Å². The van der Waals surface area contributed by atoms with E-state index in [0.29, 0.717) is 17.6 Å². The lowest BCUT2D eigenvalue weighted by Gasteiger charge is -2.24. The predicted molar refractivity (Wildman–Crippen MR) is 82.3 cm³/mol. The maximum absolute atomic E-state index is 11.3. The van der Waals surface area contributed by atoms with Crippen molar-refractivity contribution in [3.05, 3.63) is 23.8 Å². The van der Waals surface area contributed by atoms with Crippen molar-refractivity contribution in [1.82, 2.24) is 0 Å². The van der Waals surface area contributed by atoms with E-state index in [1.807, 2.05) is 19.9 Å². The first-order valence-corrected chi connectivity index (χ1v) is 7.18. The van der Waals surface area contributed by atoms with Crippen molar-refractivity contribution < 1.29 is 19.4 Å². The molecular weight excluding hydrogens is 270 g/mol. The number of hydrogen-bond acceptors (Lipinski definition) is 4. The molecule has 21 heavy (non-hydrogen) atoms. The average Bonchev–Trinajstić information content (AvgIpc) is 2.45. The number of carboxylic acids is 1. The molecule has 1 aromatic rings. The highest BCUT2D eigenvalue weighted by Crippen LogP contribution is 2.27. The quantitative estimate of drug-likeness (QED) is 0.746. The molecule has 0 aliphatic rings. The second-order valence-corrected chi connectivity index (χ2v) is 5.13. The SMILES string of the molecule is CCN(CC)c1ccc(C=O)c(OC(C(=O)O)C(C)C)c1. The minimum atomic E-state index is -1.03. The summed E-state index contributed by atoms with van der Waals surface area (Å²) in [5.41, 5.74) is 1.27. The summed E-state index contributed by atoms with van der Waals surface area (Å²) < 4.78 is 5.58. The van der Waals surface area contributed by atoms with Crippen LogP contribution in [0.15, 0.2) is 18.2 Å². The molecule has 0 spiro atoms. The molecule has 0 saturated carbocycles. The zero-order valence-corrected chi connectivity index (χ0v) is 13.0. The third kappa shape index (κ3) is 4.21. The topological polar surface area (TPSA) is 66.8 Å². The molecule has 0 radical (unpaired) electrons. The van der Waals surface area contributed by atoms with Crippen molar-refractivity contribution in [2.45, 2.75) is 33.8 Å². The number of anilines is 1. The Balaban J connectivity index is 3.16. The number of rotatable bonds is 8. The molecule has 0 amide bonds. The summed E-state index contributed by atoms with van der Waals surface area (Å²) >= 11 is 0. The van der Waals surface area contributed by atoms with Crippen LogP contribution in [0.1, 0.15) is 38.1 Å². The lowest BCUT2D eigenvalue weighted by molar-refractivity contribution is -0.147. The smallest absolute Gasteiger partial charge is 0.345 e. The van der Waals surface area contributed by atoms with Gasteiger partial charge in [-0.1, -0.05) is 13.8 Å². The fraction of sp³-hybridized carbons (Fsp3) is 0.500. The molecule has 1 atom stereocenters. The van der Waals surface area contributed by atoms with E-state index in [1.54, 1.807) is 26.0 Å². The van der Waals surface area contributed by atoms with Crippen molar-refractivity contribution in [2.75, 3.05) is 18.0 Å². The zero-order chi connectivity index (χ0) is 16.0. The Bertz CT molecular complexity index is 495. The van der Waals surface area contributed by atoms with E-state index < -0.39 is 12.1 Å². The van der Waals surface area contributed by atoms with Crippen LogP contribution < -0.4 is 9.64 Å². The van der Waals surface area contributed by atoms with Gasteiger partial charge < -0.3 is 14.7 Å². The van der Waals surface area contributed by atoms with Gasteiger partial charge in [0.05, 0.1) is 5.56 Å². The first-order chi connectivity index (χ1) is 9.94. The Morgan fingerprint density at radius 3 is 2.38 bits per heavy atom. The average molecular weight is 293 g/mol. The van der Waals surface area contributed by atoms with Gasteiger partial charge in [0.1, 0.15) is 5.75 Å². The number of benzene rings is 1. The third-order valence-electron chi connectivity index (χ3n) is 3.36. The largest absolute Gasteiger partial charge is 0.478 e. The van der Waals surface area contributed by atoms with Crippen LogP contribution in [0.2, 0.25) is 0 Å². The lowest BCUT2D eigenvalue weighted by Crippen LogP contribution is -2.32. The second kappa shape index (κ2) is 7.67. The number of aldehydes is 1. The van der Waals surface area contributed by atoms with Crippen molar-refractivity contribution in [3.63, 3.8) is 0 Å². The Morgan fingerprint density at radius 1 is 1.33 bits per heavy atom. The molecule has 0 heterocycles. The van der Waals surface area contributed by atoms with E-state index in [2.05, 4.69) is 4.90 Å². The van der Waals surface area contributed by atoms with Gasteiger partial charge in [-0.2, -0.15) is 0 Å². The number of carboxylic acid groups (broad SMARTS) is 1. The molecule has 0 fully saturated rings. The Labute approximate surface area is 125 Å². The number of hydrogen-bond donors (Lipinski definition) is 1. The third-order valence-corrected chi connectivity index (χ3v) is 3.36. The van der Waals surface area contributed by atoms with Gasteiger partial charge in [-0.15, -0.1) is 0 Å². The second-order valence-electron chi connectivity index (χ2n) is 5.13. The molecule has 5 nitrogen and oxygen atoms in total. The molecule has 116 valence electrons. The summed E-state index contributed by atoms with van der Waals surface area (Å²) in [6, 6.07) is 5.24. The Hall–Kier alpha value is -2.04. The van der Waals surface area contributed by atoms with Gasteiger partial charge >= 0.3 is 5.97 Å². The van der Waals surface area contributed by atoms with Crippen molar-refractivity contribution >= 4 is 17.9 Å². The maximum atomic E-state index is 11.3. The van der Waals surface area contributed by atoms with Crippen LogP contribution in [-0.4, -0.2) is 36.6 Å². The molecule has 0 aliphatic carbocycles. The van der Waals surface area contributed by atoms with Gasteiger partial charge in [0.25, 0.3) is 0 Å². The van der Waals surface area contributed by atoms with Gasteiger partial charge in [-0.3, -0.25) is 4.79 Å². The van der Waals surface area contributed by atoms with Crippen LogP contribution >= 0.6 is 0 Å². The summed E-state index contributed by atoms with van der Waals surface area (Å²) in [6.45, 7) is 9.25. The van der Waals surface area contributed by atoms with Gasteiger partial charge in [-0.05, 0) is 26.0 Å². The van der Waals surface area contributed by atoms with E-state index in [0.717, 1.165) is 18.8 Å². The first kappa shape index (κ1) is 17.0. The molecule has 1 aromatic carbocycles. The highest BCUT2D eigenvalue weighted by atomic mass is 16.5. The fourth-order valence-corrected chi connectivity index (χ4v) is 2.12. The Morgan fingerprint density at radius 2 is 1.95 bits per heavy atom. The monoisotopic (exact) mass is 293 g/mol. The van der Waals surface area contributed by atoms with E-state index in [4.69, 9.17) is 4.74 Å². The van der Waals surface area contributed by atoms with Crippen LogP contribution in [0.5, 0.6) is 5.75 Å². The summed E-state index contributed by atoms with van der Waals surface area (Å²) in [5, 5.41) is 9.22. The standard InChI is InChI=1S/C16H23NO4/c1-5-17(6-2)13-8-7-12(10-18)14(9-13)21-15(11(3)4)16(19)20/h7-11,15H,5-6H2,1-4H3,(H,19,20). The molecule has 1 N–H and O–H groups in total. The molecule has 1 rings (SSSR count). The number of nitrogens with zero attached hydrogens (tertiary/aromatic N) is 1. The fourth-order valence-electron chi connectivity index (χ4n) is 2.12. The van der Waals surface area contributed by atoms with Gasteiger partial charge in [0, 0.05) is 30.8 Å². The zero-order valence-electron chi connectivity index (χ0n) is 13.0. The molecule has 5 heteroatoms. The minimum Gasteiger partial charge on any atom is -0.478 e. The van der Waals surface area contributed by atoms with Crippen molar-refractivity contribution in [1.29, 1.82) is 0 Å². The van der Waals surface area contributed by atoms with E-state index in [1.165, 1.54) is 0 Å². The number of carbonyl (C=O) groups is 2. The van der Waals surface area contributed by atoms with Crippen LogP contribution in [0, 0.1) is 5.92 Å². The number of ether oxygens (including phenoxy) is 1. The first-order valence-electron chi connectivity index (χ1n) is 7.18. The number of aliphatic carboxylic acids is 1. The minimum absolute atomic E-state index is 0.195. The lowest BCUT2D eigenvalue weighted by atomic mass is 10.1. The summed E-state index contributed by atoms with van der Waals surface area (Å²) in [7, 11) is 0. The van der Waals surface area contributed by atoms with Crippen LogP contribution in [0.4, 0.5) is 5.69 Å². The highest BCUT2D eigenvalue weighted by molar-refractivity contribution is 5.81. The van der Waals surface area contributed by atoms with E-state index in [-0.39, 0.29) is 5.92 Å². The molecular formula is C16H23NO4. The van der Waals surface area contributed by atoms with E-state index >= 15 is 0 Å². The molecule has 0 bridgehead atoms. The highest BCUT2D eigenvalue weighted by Gasteiger charge is 2.24. The van der Waals surface area contributed by atoms with Crippen LogP contribution in [-0.2, 0) is 4.79 Å². The van der Waals surface area contributed by atoms with Gasteiger partial charge in [0.2, 0.25) is 0 Å².